The van der Waals surface area contributed by atoms with Crippen molar-refractivity contribution < 1.29 is 14.3 Å². The van der Waals surface area contributed by atoms with E-state index in [1.807, 2.05) is 17.9 Å². The molecule has 3 atom stereocenters. The van der Waals surface area contributed by atoms with Gasteiger partial charge in [-0.1, -0.05) is 6.07 Å². The van der Waals surface area contributed by atoms with Gasteiger partial charge in [0.25, 0.3) is 11.5 Å². The number of aromatic amines is 1. The molecule has 0 aliphatic carbocycles. The van der Waals surface area contributed by atoms with Gasteiger partial charge in [0.15, 0.2) is 0 Å². The van der Waals surface area contributed by atoms with Crippen molar-refractivity contribution >= 4 is 11.8 Å². The van der Waals surface area contributed by atoms with Crippen molar-refractivity contribution in [2.75, 3.05) is 32.8 Å². The van der Waals surface area contributed by atoms with Gasteiger partial charge in [-0.15, -0.1) is 0 Å². The predicted octanol–water partition coefficient (Wildman–Crippen LogP) is 0.525. The molecule has 0 saturated carbocycles. The molecule has 2 bridgehead atoms. The van der Waals surface area contributed by atoms with Gasteiger partial charge >= 0.3 is 0 Å². The SMILES string of the molecule is CCOCC(=O)NC[C@H]1[C@H]2C[C@H](CN(C(=O)c3cn[nH]c3)C2)c2cccc(=O)n21. The Morgan fingerprint density at radius 2 is 2.21 bits per heavy atom. The Labute approximate surface area is 168 Å². The molecular weight excluding hydrogens is 374 g/mol. The van der Waals surface area contributed by atoms with Crippen molar-refractivity contribution in [2.24, 2.45) is 5.92 Å². The molecule has 2 aliphatic heterocycles. The summed E-state index contributed by atoms with van der Waals surface area (Å²) in [4.78, 5) is 39.4. The molecule has 154 valence electrons. The van der Waals surface area contributed by atoms with E-state index in [0.717, 1.165) is 12.1 Å². The summed E-state index contributed by atoms with van der Waals surface area (Å²) in [6, 6.07) is 5.05. The average molecular weight is 399 g/mol. The maximum absolute atomic E-state index is 12.9. The summed E-state index contributed by atoms with van der Waals surface area (Å²) < 4.78 is 6.96. The minimum absolute atomic E-state index is 0.00183. The van der Waals surface area contributed by atoms with E-state index >= 15 is 0 Å². The quantitative estimate of drug-likeness (QED) is 0.736. The number of amides is 2. The molecule has 0 aromatic carbocycles. The van der Waals surface area contributed by atoms with Crippen LogP contribution in [0.4, 0.5) is 0 Å². The fourth-order valence-electron chi connectivity index (χ4n) is 4.48. The highest BCUT2D eigenvalue weighted by Gasteiger charge is 2.42. The lowest BCUT2D eigenvalue weighted by Gasteiger charge is -2.47. The number of hydrogen-bond acceptors (Lipinski definition) is 5. The summed E-state index contributed by atoms with van der Waals surface area (Å²) in [6.45, 7) is 3.72. The Balaban J connectivity index is 1.59. The number of carbonyl (C=O) groups is 2. The summed E-state index contributed by atoms with van der Waals surface area (Å²) in [7, 11) is 0. The molecule has 4 rings (SSSR count). The highest BCUT2D eigenvalue weighted by molar-refractivity contribution is 5.93. The molecule has 1 fully saturated rings. The van der Waals surface area contributed by atoms with Crippen LogP contribution in [0.15, 0.2) is 35.4 Å². The highest BCUT2D eigenvalue weighted by Crippen LogP contribution is 2.41. The zero-order valence-corrected chi connectivity index (χ0v) is 16.3. The standard InChI is InChI=1S/C20H25N5O4/c1-2-29-12-18(26)21-9-17-14-6-13(16-4-3-5-19(27)25(16)17)10-24(11-14)20(28)15-7-22-23-8-15/h3-5,7-8,13-14,17H,2,6,9-12H2,1H3,(H,21,26)(H,22,23)/t13-,14+,17+/m1/s1. The number of piperidine rings is 1. The number of ether oxygens (including phenoxy) is 1. The van der Waals surface area contributed by atoms with Gasteiger partial charge in [-0.2, -0.15) is 5.10 Å². The third kappa shape index (κ3) is 3.82. The molecular formula is C20H25N5O4. The van der Waals surface area contributed by atoms with Crippen molar-refractivity contribution in [3.63, 3.8) is 0 Å². The Morgan fingerprint density at radius 3 is 2.97 bits per heavy atom. The fraction of sp³-hybridized carbons (Fsp3) is 0.500. The first-order valence-electron chi connectivity index (χ1n) is 9.92. The number of pyridine rings is 1. The van der Waals surface area contributed by atoms with Crippen LogP contribution in [-0.4, -0.2) is 64.3 Å². The number of fused-ring (bicyclic) bond motifs is 4. The Bertz CT molecular complexity index is 939. The van der Waals surface area contributed by atoms with E-state index in [1.165, 1.54) is 6.20 Å². The summed E-state index contributed by atoms with van der Waals surface area (Å²) in [5, 5.41) is 9.44. The van der Waals surface area contributed by atoms with Crippen LogP contribution in [0.3, 0.4) is 0 Å². The van der Waals surface area contributed by atoms with Gasteiger partial charge in [0.1, 0.15) is 6.61 Å². The Hall–Kier alpha value is -2.94. The number of hydrogen-bond donors (Lipinski definition) is 2. The topological polar surface area (TPSA) is 109 Å². The van der Waals surface area contributed by atoms with E-state index in [0.29, 0.717) is 31.8 Å². The maximum Gasteiger partial charge on any atom is 0.257 e. The van der Waals surface area contributed by atoms with E-state index in [4.69, 9.17) is 4.74 Å². The van der Waals surface area contributed by atoms with E-state index in [-0.39, 0.29) is 41.9 Å². The number of rotatable bonds is 6. The van der Waals surface area contributed by atoms with Crippen LogP contribution in [-0.2, 0) is 9.53 Å². The van der Waals surface area contributed by atoms with Gasteiger partial charge < -0.3 is 19.5 Å². The van der Waals surface area contributed by atoms with Gasteiger partial charge in [-0.3, -0.25) is 19.5 Å². The van der Waals surface area contributed by atoms with Crippen molar-refractivity contribution in [3.8, 4) is 0 Å². The van der Waals surface area contributed by atoms with Crippen molar-refractivity contribution in [1.29, 1.82) is 0 Å². The molecule has 29 heavy (non-hydrogen) atoms. The van der Waals surface area contributed by atoms with Crippen LogP contribution in [0, 0.1) is 5.92 Å². The maximum atomic E-state index is 12.9. The number of aromatic nitrogens is 3. The van der Waals surface area contributed by atoms with E-state index < -0.39 is 0 Å². The molecule has 2 aromatic heterocycles. The number of nitrogens with one attached hydrogen (secondary N) is 2. The smallest absolute Gasteiger partial charge is 0.257 e. The number of nitrogens with zero attached hydrogens (tertiary/aromatic N) is 3. The second kappa shape index (κ2) is 8.20. The molecule has 9 heteroatoms. The molecule has 2 aliphatic rings. The number of carbonyl (C=O) groups excluding carboxylic acids is 2. The Morgan fingerprint density at radius 1 is 1.34 bits per heavy atom. The van der Waals surface area contributed by atoms with Crippen LogP contribution < -0.4 is 10.9 Å². The van der Waals surface area contributed by atoms with E-state index in [9.17, 15) is 14.4 Å². The first-order chi connectivity index (χ1) is 14.1. The van der Waals surface area contributed by atoms with Gasteiger partial charge in [-0.25, -0.2) is 0 Å². The molecule has 2 N–H and O–H groups in total. The molecule has 0 spiro atoms. The number of likely N-dealkylation sites (tertiary alicyclic amines) is 1. The molecule has 4 heterocycles. The lowest BCUT2D eigenvalue weighted by atomic mass is 9.78. The van der Waals surface area contributed by atoms with Crippen molar-refractivity contribution in [2.45, 2.75) is 25.3 Å². The third-order valence-corrected chi connectivity index (χ3v) is 5.78. The molecule has 0 radical (unpaired) electrons. The molecule has 2 aromatic rings. The van der Waals surface area contributed by atoms with Gasteiger partial charge in [-0.05, 0) is 25.3 Å². The van der Waals surface area contributed by atoms with Crippen molar-refractivity contribution in [3.05, 3.63) is 52.2 Å². The summed E-state index contributed by atoms with van der Waals surface area (Å²) >= 11 is 0. The van der Waals surface area contributed by atoms with Gasteiger partial charge in [0, 0.05) is 50.1 Å². The predicted molar refractivity (Wildman–Crippen MR) is 105 cm³/mol. The van der Waals surface area contributed by atoms with E-state index in [1.54, 1.807) is 22.9 Å². The first kappa shape index (κ1) is 19.4. The van der Waals surface area contributed by atoms with Crippen LogP contribution in [0.25, 0.3) is 0 Å². The van der Waals surface area contributed by atoms with Gasteiger partial charge in [0.05, 0.1) is 17.8 Å². The third-order valence-electron chi connectivity index (χ3n) is 5.78. The molecule has 0 unspecified atom stereocenters. The van der Waals surface area contributed by atoms with Crippen LogP contribution in [0.5, 0.6) is 0 Å². The molecule has 1 saturated heterocycles. The van der Waals surface area contributed by atoms with Crippen molar-refractivity contribution in [1.82, 2.24) is 25.0 Å². The lowest BCUT2D eigenvalue weighted by Crippen LogP contribution is -2.53. The lowest BCUT2D eigenvalue weighted by molar-refractivity contribution is -0.125. The fourth-order valence-corrected chi connectivity index (χ4v) is 4.48. The largest absolute Gasteiger partial charge is 0.372 e. The summed E-state index contributed by atoms with van der Waals surface area (Å²) in [6.07, 6.45) is 4.00. The average Bonchev–Trinajstić information content (AvgIpc) is 3.26. The van der Waals surface area contributed by atoms with Crippen LogP contribution >= 0.6 is 0 Å². The van der Waals surface area contributed by atoms with Gasteiger partial charge in [0.2, 0.25) is 5.91 Å². The normalized spacial score (nSPS) is 22.8. The number of H-pyrrole nitrogens is 1. The summed E-state index contributed by atoms with van der Waals surface area (Å²) in [5.41, 5.74) is 1.37. The molecule has 2 amide bonds. The summed E-state index contributed by atoms with van der Waals surface area (Å²) in [5.74, 6) is -0.112. The van der Waals surface area contributed by atoms with E-state index in [2.05, 4.69) is 15.5 Å². The molecule has 9 nitrogen and oxygen atoms in total. The second-order valence-corrected chi connectivity index (χ2v) is 7.56. The second-order valence-electron chi connectivity index (χ2n) is 7.56. The minimum atomic E-state index is -0.208. The zero-order chi connectivity index (χ0) is 20.4. The monoisotopic (exact) mass is 399 g/mol. The first-order valence-corrected chi connectivity index (χ1v) is 9.92. The minimum Gasteiger partial charge on any atom is -0.372 e. The Kier molecular flexibility index (Phi) is 5.48. The van der Waals surface area contributed by atoms with Crippen LogP contribution in [0.2, 0.25) is 0 Å². The zero-order valence-electron chi connectivity index (χ0n) is 16.3. The van der Waals surface area contributed by atoms with Crippen LogP contribution in [0.1, 0.15) is 41.4 Å². The highest BCUT2D eigenvalue weighted by atomic mass is 16.5.